The molecular weight excluding hydrogens is 398 g/mol. The predicted octanol–water partition coefficient (Wildman–Crippen LogP) is 2.00. The van der Waals surface area contributed by atoms with Crippen LogP contribution in [0.25, 0.3) is 22.8 Å². The minimum Gasteiger partial charge on any atom is -0.478 e. The molecule has 3 aromatic rings. The normalized spacial score (nSPS) is 10.4. The van der Waals surface area contributed by atoms with Crippen molar-refractivity contribution in [1.29, 1.82) is 0 Å². The van der Waals surface area contributed by atoms with Crippen molar-refractivity contribution in [3.05, 3.63) is 65.0 Å². The molecule has 3 rings (SSSR count). The van der Waals surface area contributed by atoms with Crippen LogP contribution in [0.3, 0.4) is 0 Å². The zero-order chi connectivity index (χ0) is 22.0. The van der Waals surface area contributed by atoms with E-state index in [1.54, 1.807) is 0 Å². The molecule has 0 aliphatic heterocycles. The van der Waals surface area contributed by atoms with Gasteiger partial charge in [-0.25, -0.2) is 34.1 Å². The van der Waals surface area contributed by atoms with Gasteiger partial charge >= 0.3 is 23.9 Å². The topological polar surface area (TPSA) is 188 Å². The summed E-state index contributed by atoms with van der Waals surface area (Å²) in [5.41, 5.74) is -1.34. The predicted molar refractivity (Wildman–Crippen MR) is 98.5 cm³/mol. The number of aromatic nitrogens is 3. The van der Waals surface area contributed by atoms with Crippen molar-refractivity contribution in [3.8, 4) is 22.8 Å². The summed E-state index contributed by atoms with van der Waals surface area (Å²) in [6.45, 7) is 0. The van der Waals surface area contributed by atoms with Gasteiger partial charge in [0.05, 0.1) is 22.3 Å². The highest BCUT2D eigenvalue weighted by Crippen LogP contribution is 2.24. The van der Waals surface area contributed by atoms with Crippen molar-refractivity contribution in [2.45, 2.75) is 0 Å². The standard InChI is InChI=1S/C19H11N3O8/c23-16(24)10-3-1-8(5-12(10)18(27)28)14-20-7-21-15(22-14)9-2-4-11(17(25)26)13(6-9)19(29)30/h1-7H,(H,23,24)(H,25,26)(H,27,28)(H,29,30). The first kappa shape index (κ1) is 20.1. The van der Waals surface area contributed by atoms with Crippen molar-refractivity contribution in [1.82, 2.24) is 15.0 Å². The fourth-order valence-electron chi connectivity index (χ4n) is 2.67. The molecular formula is C19H11N3O8. The highest BCUT2D eigenvalue weighted by atomic mass is 16.4. The number of rotatable bonds is 6. The number of carbonyl (C=O) groups is 4. The fraction of sp³-hybridized carbons (Fsp3) is 0. The second kappa shape index (κ2) is 7.75. The van der Waals surface area contributed by atoms with Gasteiger partial charge in [-0.1, -0.05) is 12.1 Å². The van der Waals surface area contributed by atoms with Gasteiger partial charge in [0.1, 0.15) is 6.33 Å². The molecule has 11 heteroatoms. The van der Waals surface area contributed by atoms with E-state index in [4.69, 9.17) is 10.2 Å². The van der Waals surface area contributed by atoms with E-state index >= 15 is 0 Å². The molecule has 0 bridgehead atoms. The van der Waals surface area contributed by atoms with E-state index in [2.05, 4.69) is 15.0 Å². The van der Waals surface area contributed by atoms with Gasteiger partial charge in [-0.15, -0.1) is 0 Å². The van der Waals surface area contributed by atoms with Gasteiger partial charge in [-0.2, -0.15) is 0 Å². The molecule has 0 unspecified atom stereocenters. The van der Waals surface area contributed by atoms with Crippen molar-refractivity contribution in [2.24, 2.45) is 0 Å². The monoisotopic (exact) mass is 409 g/mol. The highest BCUT2D eigenvalue weighted by Gasteiger charge is 2.20. The Bertz CT molecular complexity index is 1130. The van der Waals surface area contributed by atoms with Crippen LogP contribution in [0.4, 0.5) is 0 Å². The Balaban J connectivity index is 2.10. The van der Waals surface area contributed by atoms with Crippen LogP contribution >= 0.6 is 0 Å². The van der Waals surface area contributed by atoms with Crippen LogP contribution in [0.2, 0.25) is 0 Å². The SMILES string of the molecule is O=C(O)c1ccc(-c2ncnc(-c3ccc(C(=O)O)c(C(=O)O)c3)n2)cc1C(=O)O. The van der Waals surface area contributed by atoms with E-state index in [9.17, 15) is 29.4 Å². The van der Waals surface area contributed by atoms with E-state index in [1.165, 1.54) is 12.1 Å². The maximum Gasteiger partial charge on any atom is 0.336 e. The van der Waals surface area contributed by atoms with Crippen LogP contribution < -0.4 is 0 Å². The maximum atomic E-state index is 11.4. The Hall–Kier alpha value is -4.67. The highest BCUT2D eigenvalue weighted by molar-refractivity contribution is 6.03. The van der Waals surface area contributed by atoms with Gasteiger partial charge < -0.3 is 20.4 Å². The molecule has 0 spiro atoms. The summed E-state index contributed by atoms with van der Waals surface area (Å²) in [6.07, 6.45) is 1.11. The first-order valence-corrected chi connectivity index (χ1v) is 8.10. The number of nitrogens with zero attached hydrogens (tertiary/aromatic N) is 3. The van der Waals surface area contributed by atoms with E-state index < -0.39 is 46.1 Å². The molecule has 2 aromatic carbocycles. The van der Waals surface area contributed by atoms with Gasteiger partial charge in [-0.05, 0) is 24.3 Å². The molecule has 1 heterocycles. The molecule has 0 amide bonds. The summed E-state index contributed by atoms with van der Waals surface area (Å²) < 4.78 is 0. The van der Waals surface area contributed by atoms with Crippen LogP contribution in [-0.2, 0) is 0 Å². The Morgan fingerprint density at radius 2 is 0.933 bits per heavy atom. The number of hydrogen-bond acceptors (Lipinski definition) is 7. The lowest BCUT2D eigenvalue weighted by molar-refractivity contribution is 0.0651. The largest absolute Gasteiger partial charge is 0.478 e. The summed E-state index contributed by atoms with van der Waals surface area (Å²) >= 11 is 0. The second-order valence-corrected chi connectivity index (χ2v) is 5.87. The van der Waals surface area contributed by atoms with Crippen molar-refractivity contribution in [3.63, 3.8) is 0 Å². The lowest BCUT2D eigenvalue weighted by Crippen LogP contribution is -2.09. The average Bonchev–Trinajstić information content (AvgIpc) is 2.72. The number of hydrogen-bond donors (Lipinski definition) is 4. The van der Waals surface area contributed by atoms with E-state index in [0.29, 0.717) is 0 Å². The lowest BCUT2D eigenvalue weighted by atomic mass is 10.0. The van der Waals surface area contributed by atoms with E-state index in [-0.39, 0.29) is 22.8 Å². The molecule has 0 saturated carbocycles. The van der Waals surface area contributed by atoms with Gasteiger partial charge in [0.25, 0.3) is 0 Å². The Labute approximate surface area is 166 Å². The lowest BCUT2D eigenvalue weighted by Gasteiger charge is -2.08. The molecule has 0 radical (unpaired) electrons. The molecule has 30 heavy (non-hydrogen) atoms. The smallest absolute Gasteiger partial charge is 0.336 e. The summed E-state index contributed by atoms with van der Waals surface area (Å²) in [5.74, 6) is -5.68. The van der Waals surface area contributed by atoms with Crippen LogP contribution in [0.1, 0.15) is 41.4 Å². The molecule has 150 valence electrons. The third-order valence-electron chi connectivity index (χ3n) is 4.05. The van der Waals surface area contributed by atoms with E-state index in [0.717, 1.165) is 30.6 Å². The molecule has 11 nitrogen and oxygen atoms in total. The first-order valence-electron chi connectivity index (χ1n) is 8.10. The molecule has 0 aliphatic carbocycles. The fourth-order valence-corrected chi connectivity index (χ4v) is 2.67. The summed E-state index contributed by atoms with van der Waals surface area (Å²) in [7, 11) is 0. The number of carboxylic acids is 4. The minimum absolute atomic E-state index is 0.0126. The van der Waals surface area contributed by atoms with Gasteiger partial charge in [0, 0.05) is 11.1 Å². The molecule has 0 saturated heterocycles. The summed E-state index contributed by atoms with van der Waals surface area (Å²) in [4.78, 5) is 57.1. The zero-order valence-corrected chi connectivity index (χ0v) is 14.8. The number of benzene rings is 2. The molecule has 1 aromatic heterocycles. The number of carboxylic acid groups (broad SMARTS) is 4. The van der Waals surface area contributed by atoms with Crippen LogP contribution in [0.5, 0.6) is 0 Å². The van der Waals surface area contributed by atoms with Gasteiger partial charge in [0.2, 0.25) is 0 Å². The zero-order valence-electron chi connectivity index (χ0n) is 14.8. The Kier molecular flexibility index (Phi) is 5.19. The van der Waals surface area contributed by atoms with Crippen molar-refractivity contribution < 1.29 is 39.6 Å². The third kappa shape index (κ3) is 3.80. The van der Waals surface area contributed by atoms with Gasteiger partial charge in [-0.3, -0.25) is 0 Å². The van der Waals surface area contributed by atoms with Crippen molar-refractivity contribution >= 4 is 23.9 Å². The van der Waals surface area contributed by atoms with E-state index in [1.807, 2.05) is 0 Å². The quantitative estimate of drug-likeness (QED) is 0.466. The van der Waals surface area contributed by atoms with Crippen LogP contribution in [0.15, 0.2) is 42.7 Å². The minimum atomic E-state index is -1.45. The Morgan fingerprint density at radius 3 is 1.27 bits per heavy atom. The molecule has 4 N–H and O–H groups in total. The summed E-state index contributed by atoms with van der Waals surface area (Å²) in [5, 5.41) is 36.7. The van der Waals surface area contributed by atoms with Crippen molar-refractivity contribution in [2.75, 3.05) is 0 Å². The van der Waals surface area contributed by atoms with Crippen LogP contribution in [-0.4, -0.2) is 59.3 Å². The maximum absolute atomic E-state index is 11.4. The number of aromatic carboxylic acids is 4. The third-order valence-corrected chi connectivity index (χ3v) is 4.05. The van der Waals surface area contributed by atoms with Gasteiger partial charge in [0.15, 0.2) is 11.6 Å². The first-order chi connectivity index (χ1) is 14.2. The summed E-state index contributed by atoms with van der Waals surface area (Å²) in [6, 6.07) is 7.06. The molecule has 0 atom stereocenters. The molecule has 0 fully saturated rings. The molecule has 0 aliphatic rings. The average molecular weight is 409 g/mol. The Morgan fingerprint density at radius 1 is 0.567 bits per heavy atom. The second-order valence-electron chi connectivity index (χ2n) is 5.87. The van der Waals surface area contributed by atoms with Crippen LogP contribution in [0, 0.1) is 0 Å².